The number of methoxy groups -OCH3 is 1. The van der Waals surface area contributed by atoms with E-state index in [0.717, 1.165) is 20.6 Å². The van der Waals surface area contributed by atoms with Crippen molar-refractivity contribution in [1.29, 1.82) is 5.26 Å². The van der Waals surface area contributed by atoms with Crippen LogP contribution in [0.15, 0.2) is 36.4 Å². The van der Waals surface area contributed by atoms with Crippen LogP contribution in [0.4, 0.5) is 5.69 Å². The standard InChI is InChI=1S/C15H12ClIN2O/c1-20-15-5-2-10(8-18)6-11(15)9-19-14-4-3-12(17)7-13(14)16/h2-7,19H,9H2,1H3. The van der Waals surface area contributed by atoms with Crippen LogP contribution < -0.4 is 10.1 Å². The average Bonchev–Trinajstić information content (AvgIpc) is 2.46. The van der Waals surface area contributed by atoms with E-state index in [2.05, 4.69) is 34.0 Å². The maximum Gasteiger partial charge on any atom is 0.123 e. The quantitative estimate of drug-likeness (QED) is 0.775. The van der Waals surface area contributed by atoms with Gasteiger partial charge in [0.2, 0.25) is 0 Å². The summed E-state index contributed by atoms with van der Waals surface area (Å²) in [6.45, 7) is 0.541. The van der Waals surface area contributed by atoms with E-state index in [9.17, 15) is 0 Å². The average molecular weight is 399 g/mol. The van der Waals surface area contributed by atoms with Gasteiger partial charge in [-0.2, -0.15) is 5.26 Å². The lowest BCUT2D eigenvalue weighted by Crippen LogP contribution is -2.02. The molecule has 0 saturated carbocycles. The van der Waals surface area contributed by atoms with Crippen molar-refractivity contribution in [3.8, 4) is 11.8 Å². The van der Waals surface area contributed by atoms with Crippen LogP contribution in [-0.2, 0) is 6.54 Å². The summed E-state index contributed by atoms with van der Waals surface area (Å²) in [7, 11) is 1.61. The van der Waals surface area contributed by atoms with E-state index in [1.807, 2.05) is 24.3 Å². The fourth-order valence-electron chi connectivity index (χ4n) is 1.81. The van der Waals surface area contributed by atoms with Crippen LogP contribution >= 0.6 is 34.2 Å². The number of hydrogen-bond acceptors (Lipinski definition) is 3. The Balaban J connectivity index is 2.20. The van der Waals surface area contributed by atoms with Crippen molar-refractivity contribution in [1.82, 2.24) is 0 Å². The summed E-state index contributed by atoms with van der Waals surface area (Å²) in [5.41, 5.74) is 2.38. The van der Waals surface area contributed by atoms with Crippen molar-refractivity contribution in [2.45, 2.75) is 6.54 Å². The number of nitrogens with one attached hydrogen (secondary N) is 1. The monoisotopic (exact) mass is 398 g/mol. The summed E-state index contributed by atoms with van der Waals surface area (Å²) < 4.78 is 6.38. The molecule has 20 heavy (non-hydrogen) atoms. The number of benzene rings is 2. The van der Waals surface area contributed by atoms with Crippen LogP contribution in [0.25, 0.3) is 0 Å². The molecule has 2 aromatic rings. The molecule has 0 radical (unpaired) electrons. The van der Waals surface area contributed by atoms with E-state index in [4.69, 9.17) is 21.6 Å². The van der Waals surface area contributed by atoms with Crippen molar-refractivity contribution in [2.75, 3.05) is 12.4 Å². The van der Waals surface area contributed by atoms with Crippen LogP contribution in [0.5, 0.6) is 5.75 Å². The third-order valence-electron chi connectivity index (χ3n) is 2.81. The molecule has 0 aliphatic heterocycles. The molecule has 102 valence electrons. The first kappa shape index (κ1) is 14.9. The Morgan fingerprint density at radius 1 is 1.30 bits per heavy atom. The Kier molecular flexibility index (Phi) is 5.10. The number of nitrogens with zero attached hydrogens (tertiary/aromatic N) is 1. The zero-order valence-corrected chi connectivity index (χ0v) is 13.7. The van der Waals surface area contributed by atoms with Crippen LogP contribution in [0, 0.1) is 14.9 Å². The topological polar surface area (TPSA) is 45.0 Å². The molecule has 0 aromatic heterocycles. The maximum absolute atomic E-state index is 8.95. The lowest BCUT2D eigenvalue weighted by Gasteiger charge is -2.12. The number of anilines is 1. The normalized spacial score (nSPS) is 9.90. The predicted octanol–water partition coefficient (Wildman–Crippen LogP) is 4.44. The van der Waals surface area contributed by atoms with Gasteiger partial charge in [-0.15, -0.1) is 0 Å². The van der Waals surface area contributed by atoms with Crippen LogP contribution in [-0.4, -0.2) is 7.11 Å². The zero-order valence-electron chi connectivity index (χ0n) is 10.8. The smallest absolute Gasteiger partial charge is 0.123 e. The van der Waals surface area contributed by atoms with Gasteiger partial charge < -0.3 is 10.1 Å². The Hall–Kier alpha value is -1.45. The molecule has 0 aliphatic rings. The van der Waals surface area contributed by atoms with E-state index >= 15 is 0 Å². The second-order valence-electron chi connectivity index (χ2n) is 4.12. The molecule has 0 fully saturated rings. The van der Waals surface area contributed by atoms with Gasteiger partial charge in [-0.05, 0) is 59.0 Å². The predicted molar refractivity (Wildman–Crippen MR) is 89.2 cm³/mol. The molecule has 0 unspecified atom stereocenters. The van der Waals surface area contributed by atoms with Gasteiger partial charge >= 0.3 is 0 Å². The Morgan fingerprint density at radius 2 is 2.10 bits per heavy atom. The first-order valence-corrected chi connectivity index (χ1v) is 7.35. The fourth-order valence-corrected chi connectivity index (χ4v) is 2.73. The highest BCUT2D eigenvalue weighted by Gasteiger charge is 2.06. The summed E-state index contributed by atoms with van der Waals surface area (Å²) in [6, 6.07) is 13.3. The highest BCUT2D eigenvalue weighted by Crippen LogP contribution is 2.26. The molecule has 5 heteroatoms. The highest BCUT2D eigenvalue weighted by molar-refractivity contribution is 14.1. The van der Waals surface area contributed by atoms with Crippen molar-refractivity contribution in [3.05, 3.63) is 56.1 Å². The molecule has 0 saturated heterocycles. The number of hydrogen-bond donors (Lipinski definition) is 1. The molecule has 0 aliphatic carbocycles. The molecule has 0 bridgehead atoms. The number of nitriles is 1. The summed E-state index contributed by atoms with van der Waals surface area (Å²) in [5.74, 6) is 0.748. The van der Waals surface area contributed by atoms with Crippen LogP contribution in [0.1, 0.15) is 11.1 Å². The maximum atomic E-state index is 8.95. The molecule has 3 nitrogen and oxygen atoms in total. The minimum atomic E-state index is 0.541. The van der Waals surface area contributed by atoms with Crippen molar-refractivity contribution in [3.63, 3.8) is 0 Å². The molecule has 2 aromatic carbocycles. The van der Waals surface area contributed by atoms with Gasteiger partial charge in [-0.25, -0.2) is 0 Å². The molecular weight excluding hydrogens is 387 g/mol. The summed E-state index contributed by atoms with van der Waals surface area (Å²) in [4.78, 5) is 0. The van der Waals surface area contributed by atoms with Gasteiger partial charge in [-0.1, -0.05) is 11.6 Å². The molecular formula is C15H12ClIN2O. The van der Waals surface area contributed by atoms with E-state index in [0.29, 0.717) is 17.1 Å². The zero-order chi connectivity index (χ0) is 14.5. The van der Waals surface area contributed by atoms with Gasteiger partial charge in [0.25, 0.3) is 0 Å². The van der Waals surface area contributed by atoms with E-state index in [-0.39, 0.29) is 0 Å². The third-order valence-corrected chi connectivity index (χ3v) is 3.79. The molecule has 0 spiro atoms. The first-order chi connectivity index (χ1) is 9.63. The van der Waals surface area contributed by atoms with Gasteiger partial charge in [0.05, 0.1) is 29.5 Å². The third kappa shape index (κ3) is 3.56. The van der Waals surface area contributed by atoms with E-state index in [1.54, 1.807) is 19.2 Å². The Bertz CT molecular complexity index is 667. The largest absolute Gasteiger partial charge is 0.496 e. The Morgan fingerprint density at radius 3 is 2.75 bits per heavy atom. The molecule has 0 heterocycles. The van der Waals surface area contributed by atoms with E-state index in [1.165, 1.54) is 0 Å². The van der Waals surface area contributed by atoms with Crippen LogP contribution in [0.3, 0.4) is 0 Å². The Labute approximate surface area is 136 Å². The highest BCUT2D eigenvalue weighted by atomic mass is 127. The second-order valence-corrected chi connectivity index (χ2v) is 5.77. The lowest BCUT2D eigenvalue weighted by atomic mass is 10.1. The van der Waals surface area contributed by atoms with Gasteiger partial charge in [0, 0.05) is 15.7 Å². The second kappa shape index (κ2) is 6.82. The van der Waals surface area contributed by atoms with Gasteiger partial charge in [0.1, 0.15) is 5.75 Å². The summed E-state index contributed by atoms with van der Waals surface area (Å²) >= 11 is 8.39. The summed E-state index contributed by atoms with van der Waals surface area (Å²) in [5, 5.41) is 12.9. The van der Waals surface area contributed by atoms with Gasteiger partial charge in [0.15, 0.2) is 0 Å². The number of rotatable bonds is 4. The molecule has 0 amide bonds. The molecule has 2 rings (SSSR count). The van der Waals surface area contributed by atoms with Crippen LogP contribution in [0.2, 0.25) is 5.02 Å². The van der Waals surface area contributed by atoms with Gasteiger partial charge in [-0.3, -0.25) is 0 Å². The minimum Gasteiger partial charge on any atom is -0.496 e. The van der Waals surface area contributed by atoms with Crippen molar-refractivity contribution < 1.29 is 4.74 Å². The molecule has 1 N–H and O–H groups in total. The number of ether oxygens (including phenoxy) is 1. The fraction of sp³-hybridized carbons (Fsp3) is 0.133. The summed E-state index contributed by atoms with van der Waals surface area (Å²) in [6.07, 6.45) is 0. The lowest BCUT2D eigenvalue weighted by molar-refractivity contribution is 0.410. The molecule has 0 atom stereocenters. The number of halogens is 2. The van der Waals surface area contributed by atoms with Crippen molar-refractivity contribution >= 4 is 39.9 Å². The SMILES string of the molecule is COc1ccc(C#N)cc1CNc1ccc(I)cc1Cl. The minimum absolute atomic E-state index is 0.541. The first-order valence-electron chi connectivity index (χ1n) is 5.90. The van der Waals surface area contributed by atoms with E-state index < -0.39 is 0 Å². The van der Waals surface area contributed by atoms with Crippen molar-refractivity contribution in [2.24, 2.45) is 0 Å².